The minimum Gasteiger partial charge on any atom is -0.350 e. The number of hydrogen-bond acceptors (Lipinski definition) is 2. The summed E-state index contributed by atoms with van der Waals surface area (Å²) >= 11 is 0. The van der Waals surface area contributed by atoms with Gasteiger partial charge in [-0.25, -0.2) is 4.39 Å². The number of halogens is 1. The highest BCUT2D eigenvalue weighted by Crippen LogP contribution is 2.42. The van der Waals surface area contributed by atoms with E-state index in [4.69, 9.17) is 0 Å². The molecule has 0 saturated heterocycles. The van der Waals surface area contributed by atoms with Crippen molar-refractivity contribution in [2.24, 2.45) is 7.05 Å². The summed E-state index contributed by atoms with van der Waals surface area (Å²) in [5.41, 5.74) is 4.44. The van der Waals surface area contributed by atoms with Gasteiger partial charge in [-0.3, -0.25) is 9.59 Å². The maximum absolute atomic E-state index is 13.8. The first kappa shape index (κ1) is 18.7. The number of rotatable bonds is 2. The molecule has 2 aromatic carbocycles. The average Bonchev–Trinajstić information content (AvgIpc) is 3.12. The highest BCUT2D eigenvalue weighted by atomic mass is 19.1. The maximum Gasteiger partial charge on any atom is 0.209 e. The molecular weight excluding hydrogens is 379 g/mol. The third kappa shape index (κ3) is 2.35. The molecule has 5 rings (SSSR count). The van der Waals surface area contributed by atoms with Crippen molar-refractivity contribution in [2.75, 3.05) is 7.05 Å². The standard InChI is InChI=1S/C25H22FN2O2/c1-25(2)18-7-5-6-8-20(18)28(4)21(25)12-16-23(29)22(24(16)30)17-13-27(3)19-10-9-14(26)11-15(17)19/h5-13,22H,1-4H3/q+1. The van der Waals surface area contributed by atoms with Crippen molar-refractivity contribution in [1.82, 2.24) is 4.57 Å². The minimum absolute atomic E-state index is 0.204. The molecule has 0 bridgehead atoms. The molecule has 3 aromatic rings. The molecule has 150 valence electrons. The average molecular weight is 401 g/mol. The SMILES string of the molecule is Cn1cc(C2C(=O)C(=CC3=[N+](C)c4ccccc4C3(C)C)C2=O)c2cc(F)ccc21. The van der Waals surface area contributed by atoms with Crippen molar-refractivity contribution in [3.63, 3.8) is 0 Å². The second-order valence-corrected chi connectivity index (χ2v) is 8.66. The van der Waals surface area contributed by atoms with Gasteiger partial charge in [0.2, 0.25) is 5.69 Å². The number of aromatic nitrogens is 1. The van der Waals surface area contributed by atoms with Gasteiger partial charge >= 0.3 is 0 Å². The normalized spacial score (nSPS) is 20.0. The van der Waals surface area contributed by atoms with Gasteiger partial charge in [-0.1, -0.05) is 18.2 Å². The molecule has 1 fully saturated rings. The molecular formula is C25H22FN2O2+. The molecule has 1 aliphatic heterocycles. The summed E-state index contributed by atoms with van der Waals surface area (Å²) in [6, 6.07) is 12.5. The van der Waals surface area contributed by atoms with E-state index in [2.05, 4.69) is 19.9 Å². The predicted octanol–water partition coefficient (Wildman–Crippen LogP) is 4.19. The van der Waals surface area contributed by atoms with Gasteiger partial charge in [0, 0.05) is 41.9 Å². The minimum atomic E-state index is -0.862. The van der Waals surface area contributed by atoms with Gasteiger partial charge in [-0.05, 0) is 37.6 Å². The third-order valence-electron chi connectivity index (χ3n) is 6.57. The van der Waals surface area contributed by atoms with Crippen LogP contribution in [0.1, 0.15) is 30.9 Å². The van der Waals surface area contributed by atoms with Gasteiger partial charge in [-0.15, -0.1) is 0 Å². The quantitative estimate of drug-likeness (QED) is 0.280. The molecule has 0 unspecified atom stereocenters. The second kappa shape index (κ2) is 6.08. The van der Waals surface area contributed by atoms with Gasteiger partial charge in [0.05, 0.1) is 11.0 Å². The number of allylic oxidation sites excluding steroid dienone is 2. The van der Waals surface area contributed by atoms with Crippen LogP contribution in [-0.4, -0.2) is 33.5 Å². The summed E-state index contributed by atoms with van der Waals surface area (Å²) in [6.07, 6.45) is 3.50. The first-order valence-corrected chi connectivity index (χ1v) is 9.97. The Bertz CT molecular complexity index is 1320. The van der Waals surface area contributed by atoms with Crippen LogP contribution in [0.15, 0.2) is 60.3 Å². The van der Waals surface area contributed by atoms with Crippen molar-refractivity contribution in [3.8, 4) is 0 Å². The summed E-state index contributed by atoms with van der Waals surface area (Å²) in [4.78, 5) is 26.1. The molecule has 2 heterocycles. The van der Waals surface area contributed by atoms with E-state index in [0.717, 1.165) is 16.9 Å². The van der Waals surface area contributed by atoms with E-state index in [-0.39, 0.29) is 28.4 Å². The van der Waals surface area contributed by atoms with Crippen molar-refractivity contribution < 1.29 is 18.6 Å². The fourth-order valence-corrected chi connectivity index (χ4v) is 4.92. The van der Waals surface area contributed by atoms with E-state index in [9.17, 15) is 14.0 Å². The first-order valence-electron chi connectivity index (χ1n) is 9.97. The molecule has 0 radical (unpaired) electrons. The number of carbonyl (C=O) groups excluding carboxylic acids is 2. The van der Waals surface area contributed by atoms with Crippen molar-refractivity contribution in [3.05, 3.63) is 77.3 Å². The van der Waals surface area contributed by atoms with Gasteiger partial charge in [-0.2, -0.15) is 4.58 Å². The number of fused-ring (bicyclic) bond motifs is 2. The molecule has 2 aliphatic rings. The molecule has 4 nitrogen and oxygen atoms in total. The molecule has 30 heavy (non-hydrogen) atoms. The van der Waals surface area contributed by atoms with Crippen LogP contribution in [0.3, 0.4) is 0 Å². The summed E-state index contributed by atoms with van der Waals surface area (Å²) in [5, 5.41) is 0.613. The Hall–Kier alpha value is -3.34. The van der Waals surface area contributed by atoms with Gasteiger partial charge in [0.1, 0.15) is 18.8 Å². The lowest BCUT2D eigenvalue weighted by molar-refractivity contribution is -0.401. The Labute approximate surface area is 173 Å². The van der Waals surface area contributed by atoms with E-state index >= 15 is 0 Å². The summed E-state index contributed by atoms with van der Waals surface area (Å²) in [7, 11) is 3.79. The monoisotopic (exact) mass is 401 g/mol. The zero-order chi connectivity index (χ0) is 21.4. The Kier molecular flexibility index (Phi) is 3.78. The number of para-hydroxylation sites is 1. The summed E-state index contributed by atoms with van der Waals surface area (Å²) < 4.78 is 17.7. The third-order valence-corrected chi connectivity index (χ3v) is 6.57. The lowest BCUT2D eigenvalue weighted by atomic mass is 9.71. The first-order chi connectivity index (χ1) is 14.2. The van der Waals surface area contributed by atoms with Crippen LogP contribution in [0.25, 0.3) is 10.9 Å². The summed E-state index contributed by atoms with van der Waals surface area (Å²) in [6.45, 7) is 4.20. The largest absolute Gasteiger partial charge is 0.350 e. The van der Waals surface area contributed by atoms with Crippen LogP contribution in [-0.2, 0) is 22.1 Å². The fourth-order valence-electron chi connectivity index (χ4n) is 4.92. The molecule has 0 N–H and O–H groups in total. The van der Waals surface area contributed by atoms with Crippen LogP contribution >= 0.6 is 0 Å². The predicted molar refractivity (Wildman–Crippen MR) is 114 cm³/mol. The Morgan fingerprint density at radius 1 is 1.10 bits per heavy atom. The molecule has 5 heteroatoms. The number of carbonyl (C=O) groups is 2. The molecule has 1 saturated carbocycles. The molecule has 1 aromatic heterocycles. The van der Waals surface area contributed by atoms with Crippen LogP contribution < -0.4 is 0 Å². The molecule has 0 amide bonds. The lowest BCUT2D eigenvalue weighted by Gasteiger charge is -2.26. The number of ketones is 2. The second-order valence-electron chi connectivity index (χ2n) is 8.66. The Morgan fingerprint density at radius 2 is 1.80 bits per heavy atom. The van der Waals surface area contributed by atoms with Crippen LogP contribution in [0, 0.1) is 5.82 Å². The van der Waals surface area contributed by atoms with Crippen molar-refractivity contribution in [1.29, 1.82) is 0 Å². The molecule has 0 spiro atoms. The molecule has 0 atom stereocenters. The Morgan fingerprint density at radius 3 is 2.50 bits per heavy atom. The zero-order valence-electron chi connectivity index (χ0n) is 17.4. The zero-order valence-corrected chi connectivity index (χ0v) is 17.4. The molecule has 1 aliphatic carbocycles. The number of hydrogen-bond donors (Lipinski definition) is 0. The van der Waals surface area contributed by atoms with E-state index in [0.29, 0.717) is 10.9 Å². The van der Waals surface area contributed by atoms with E-state index in [1.807, 2.05) is 41.4 Å². The Balaban J connectivity index is 1.56. The maximum atomic E-state index is 13.8. The van der Waals surface area contributed by atoms with E-state index in [1.165, 1.54) is 17.7 Å². The number of nitrogens with zero attached hydrogens (tertiary/aromatic N) is 2. The number of aryl methyl sites for hydroxylation is 1. The van der Waals surface area contributed by atoms with Gasteiger partial charge in [0.15, 0.2) is 17.3 Å². The fraction of sp³-hybridized carbons (Fsp3) is 0.240. The van der Waals surface area contributed by atoms with Crippen molar-refractivity contribution in [2.45, 2.75) is 25.2 Å². The van der Waals surface area contributed by atoms with Crippen LogP contribution in [0.5, 0.6) is 0 Å². The van der Waals surface area contributed by atoms with Gasteiger partial charge in [0.25, 0.3) is 0 Å². The number of Topliss-reactive ketones (excluding diaryl/α,β-unsaturated/α-hetero) is 2. The lowest BCUT2D eigenvalue weighted by Crippen LogP contribution is -2.40. The van der Waals surface area contributed by atoms with E-state index in [1.54, 1.807) is 18.3 Å². The van der Waals surface area contributed by atoms with E-state index < -0.39 is 5.92 Å². The number of benzene rings is 2. The highest BCUT2D eigenvalue weighted by Gasteiger charge is 2.49. The topological polar surface area (TPSA) is 42.1 Å². The summed E-state index contributed by atoms with van der Waals surface area (Å²) in [5.74, 6) is -1.65. The van der Waals surface area contributed by atoms with Crippen LogP contribution in [0.4, 0.5) is 10.1 Å². The van der Waals surface area contributed by atoms with Gasteiger partial charge < -0.3 is 4.57 Å². The van der Waals surface area contributed by atoms with Crippen LogP contribution in [0.2, 0.25) is 0 Å². The smallest absolute Gasteiger partial charge is 0.209 e. The van der Waals surface area contributed by atoms with Crippen molar-refractivity contribution >= 4 is 33.9 Å². The highest BCUT2D eigenvalue weighted by molar-refractivity contribution is 6.43.